The van der Waals surface area contributed by atoms with Crippen molar-refractivity contribution in [3.63, 3.8) is 0 Å². The summed E-state index contributed by atoms with van der Waals surface area (Å²) in [7, 11) is 0. The summed E-state index contributed by atoms with van der Waals surface area (Å²) in [6, 6.07) is 0.177. The normalized spacial score (nSPS) is 18.9. The minimum absolute atomic E-state index is 0.270. The average Bonchev–Trinajstić information content (AvgIpc) is 2.37. The number of urea groups is 1. The number of hydrogen-bond acceptors (Lipinski definition) is 3. The highest BCUT2D eigenvalue weighted by Gasteiger charge is 2.21. The third-order valence-electron chi connectivity index (χ3n) is 3.74. The second-order valence-electron chi connectivity index (χ2n) is 5.17. The summed E-state index contributed by atoms with van der Waals surface area (Å²) in [5.41, 5.74) is 5.25. The summed E-state index contributed by atoms with van der Waals surface area (Å²) in [4.78, 5) is 12.7. The van der Waals surface area contributed by atoms with Gasteiger partial charge in [0.2, 0.25) is 0 Å². The van der Waals surface area contributed by atoms with Gasteiger partial charge in [0.05, 0.1) is 0 Å². The molecular weight excluding hydrogens is 230 g/mol. The van der Waals surface area contributed by atoms with Crippen molar-refractivity contribution in [3.05, 3.63) is 0 Å². The Morgan fingerprint density at radius 1 is 1.44 bits per heavy atom. The van der Waals surface area contributed by atoms with E-state index in [0.717, 1.165) is 51.7 Å². The predicted molar refractivity (Wildman–Crippen MR) is 72.3 cm³/mol. The van der Waals surface area contributed by atoms with Gasteiger partial charge >= 0.3 is 6.03 Å². The Labute approximate surface area is 110 Å². The van der Waals surface area contributed by atoms with E-state index in [1.165, 1.54) is 0 Å². The van der Waals surface area contributed by atoms with Crippen LogP contribution in [0.4, 0.5) is 4.79 Å². The van der Waals surface area contributed by atoms with Crippen molar-refractivity contribution in [2.45, 2.75) is 45.1 Å². The van der Waals surface area contributed by atoms with Gasteiger partial charge in [-0.05, 0) is 38.1 Å². The Morgan fingerprint density at radius 3 is 2.61 bits per heavy atom. The van der Waals surface area contributed by atoms with Crippen LogP contribution in [0.1, 0.15) is 39.0 Å². The van der Waals surface area contributed by atoms with E-state index in [1.54, 1.807) is 4.90 Å². The van der Waals surface area contributed by atoms with Crippen LogP contribution in [0, 0.1) is 5.92 Å². The van der Waals surface area contributed by atoms with Crippen molar-refractivity contribution in [2.75, 3.05) is 26.2 Å². The zero-order valence-electron chi connectivity index (χ0n) is 11.4. The van der Waals surface area contributed by atoms with E-state index >= 15 is 0 Å². The maximum atomic E-state index is 11.0. The molecule has 1 fully saturated rings. The quantitative estimate of drug-likeness (QED) is 0.634. The molecule has 1 atom stereocenters. The fourth-order valence-electron chi connectivity index (χ4n) is 2.58. The van der Waals surface area contributed by atoms with Crippen molar-refractivity contribution in [1.29, 1.82) is 0 Å². The Bertz CT molecular complexity index is 234. The van der Waals surface area contributed by atoms with Gasteiger partial charge in [-0.2, -0.15) is 0 Å². The number of nitrogens with one attached hydrogen (secondary N) is 1. The molecule has 0 aromatic carbocycles. The fraction of sp³-hybridized carbons (Fsp3) is 0.923. The van der Waals surface area contributed by atoms with E-state index in [4.69, 9.17) is 10.8 Å². The molecule has 0 radical (unpaired) electrons. The van der Waals surface area contributed by atoms with Crippen molar-refractivity contribution in [3.8, 4) is 0 Å². The maximum absolute atomic E-state index is 11.0. The molecule has 1 unspecified atom stereocenters. The third kappa shape index (κ3) is 5.23. The van der Waals surface area contributed by atoms with Gasteiger partial charge in [0.15, 0.2) is 0 Å². The number of likely N-dealkylation sites (tertiary alicyclic amines) is 1. The number of aliphatic hydroxyl groups excluding tert-OH is 1. The molecule has 1 heterocycles. The van der Waals surface area contributed by atoms with Gasteiger partial charge in [0.25, 0.3) is 0 Å². The average molecular weight is 257 g/mol. The van der Waals surface area contributed by atoms with Gasteiger partial charge in [0.1, 0.15) is 0 Å². The number of nitrogens with two attached hydrogens (primary N) is 1. The van der Waals surface area contributed by atoms with Crippen LogP contribution in [0.5, 0.6) is 0 Å². The molecule has 4 N–H and O–H groups in total. The first kappa shape index (κ1) is 15.2. The molecule has 0 bridgehead atoms. The van der Waals surface area contributed by atoms with E-state index in [0.29, 0.717) is 12.0 Å². The molecule has 1 aliphatic heterocycles. The molecule has 5 nitrogen and oxygen atoms in total. The summed E-state index contributed by atoms with van der Waals surface area (Å²) >= 11 is 0. The minimum Gasteiger partial charge on any atom is -0.396 e. The van der Waals surface area contributed by atoms with Crippen molar-refractivity contribution >= 4 is 6.03 Å². The van der Waals surface area contributed by atoms with Crippen LogP contribution in [0.25, 0.3) is 0 Å². The molecule has 0 aromatic heterocycles. The van der Waals surface area contributed by atoms with E-state index < -0.39 is 0 Å². The Kier molecular flexibility index (Phi) is 7.05. The first-order valence-corrected chi connectivity index (χ1v) is 7.06. The lowest BCUT2D eigenvalue weighted by atomic mass is 9.98. The van der Waals surface area contributed by atoms with Gasteiger partial charge in [-0.1, -0.05) is 13.3 Å². The highest BCUT2D eigenvalue weighted by Crippen LogP contribution is 2.13. The largest absolute Gasteiger partial charge is 0.396 e. The van der Waals surface area contributed by atoms with Crippen LogP contribution in [0.3, 0.4) is 0 Å². The van der Waals surface area contributed by atoms with Gasteiger partial charge in [0, 0.05) is 25.7 Å². The number of hydrogen-bond donors (Lipinski definition) is 3. The van der Waals surface area contributed by atoms with Gasteiger partial charge in [-0.3, -0.25) is 0 Å². The minimum atomic E-state index is -0.308. The molecule has 0 saturated carbocycles. The number of primary amides is 1. The molecule has 1 aliphatic rings. The lowest BCUT2D eigenvalue weighted by molar-refractivity contribution is 0.181. The Morgan fingerprint density at radius 2 is 2.11 bits per heavy atom. The third-order valence-corrected chi connectivity index (χ3v) is 3.74. The zero-order valence-corrected chi connectivity index (χ0v) is 11.4. The summed E-state index contributed by atoms with van der Waals surface area (Å²) in [6.45, 7) is 4.93. The first-order valence-electron chi connectivity index (χ1n) is 7.06. The second-order valence-corrected chi connectivity index (χ2v) is 5.17. The lowest BCUT2D eigenvalue weighted by Gasteiger charge is -2.32. The Balaban J connectivity index is 2.21. The molecule has 2 amide bonds. The van der Waals surface area contributed by atoms with Crippen molar-refractivity contribution < 1.29 is 9.90 Å². The Hall–Kier alpha value is -0.810. The number of amides is 2. The molecule has 18 heavy (non-hydrogen) atoms. The molecular formula is C13H27N3O2. The van der Waals surface area contributed by atoms with Gasteiger partial charge < -0.3 is 21.1 Å². The summed E-state index contributed by atoms with van der Waals surface area (Å²) in [5.74, 6) is 0.564. The number of aliphatic hydroxyl groups is 1. The first-order chi connectivity index (χ1) is 8.67. The number of carbonyl (C=O) groups is 1. The lowest BCUT2D eigenvalue weighted by Crippen LogP contribution is -2.47. The standard InChI is InChI=1S/C13H27N3O2/c1-2-3-11(6-9-17)10-15-12-4-7-16(8-5-12)13(14)18/h11-12,15,17H,2-10H2,1H3,(H2,14,18). The van der Waals surface area contributed by atoms with Crippen molar-refractivity contribution in [1.82, 2.24) is 10.2 Å². The maximum Gasteiger partial charge on any atom is 0.314 e. The smallest absolute Gasteiger partial charge is 0.314 e. The van der Waals surface area contributed by atoms with Gasteiger partial charge in [-0.15, -0.1) is 0 Å². The van der Waals surface area contributed by atoms with E-state index in [1.807, 2.05) is 0 Å². The number of piperidine rings is 1. The van der Waals surface area contributed by atoms with Crippen LogP contribution in [0.2, 0.25) is 0 Å². The van der Waals surface area contributed by atoms with Crippen molar-refractivity contribution in [2.24, 2.45) is 11.7 Å². The molecule has 0 aromatic rings. The molecule has 5 heteroatoms. The number of rotatable bonds is 7. The van der Waals surface area contributed by atoms with Gasteiger partial charge in [-0.25, -0.2) is 4.79 Å². The highest BCUT2D eigenvalue weighted by molar-refractivity contribution is 5.72. The van der Waals surface area contributed by atoms with Crippen LogP contribution in [-0.2, 0) is 0 Å². The molecule has 0 aliphatic carbocycles. The molecule has 1 saturated heterocycles. The predicted octanol–water partition coefficient (Wildman–Crippen LogP) is 0.918. The molecule has 1 rings (SSSR count). The highest BCUT2D eigenvalue weighted by atomic mass is 16.3. The fourth-order valence-corrected chi connectivity index (χ4v) is 2.58. The molecule has 106 valence electrons. The monoisotopic (exact) mass is 257 g/mol. The zero-order chi connectivity index (χ0) is 13.4. The SMILES string of the molecule is CCCC(CCO)CNC1CCN(C(N)=O)CC1. The van der Waals surface area contributed by atoms with E-state index in [2.05, 4.69) is 12.2 Å². The second kappa shape index (κ2) is 8.32. The summed E-state index contributed by atoms with van der Waals surface area (Å²) < 4.78 is 0. The summed E-state index contributed by atoms with van der Waals surface area (Å²) in [5, 5.41) is 12.6. The van der Waals surface area contributed by atoms with Crippen LogP contribution < -0.4 is 11.1 Å². The number of nitrogens with zero attached hydrogens (tertiary/aromatic N) is 1. The topological polar surface area (TPSA) is 78.6 Å². The number of carbonyl (C=O) groups excluding carboxylic acids is 1. The van der Waals surface area contributed by atoms with Crippen LogP contribution in [0.15, 0.2) is 0 Å². The van der Waals surface area contributed by atoms with E-state index in [9.17, 15) is 4.79 Å². The van der Waals surface area contributed by atoms with E-state index in [-0.39, 0.29) is 12.6 Å². The summed E-state index contributed by atoms with van der Waals surface area (Å²) in [6.07, 6.45) is 5.14. The van der Waals surface area contributed by atoms with Crippen LogP contribution >= 0.6 is 0 Å². The molecule has 0 spiro atoms. The van der Waals surface area contributed by atoms with Crippen LogP contribution in [-0.4, -0.2) is 48.3 Å².